The lowest BCUT2D eigenvalue weighted by Crippen LogP contribution is -2.12. The van der Waals surface area contributed by atoms with Crippen LogP contribution in [0.5, 0.6) is 0 Å². The molecule has 0 bridgehead atoms. The molecule has 0 unspecified atom stereocenters. The first kappa shape index (κ1) is 13.8. The van der Waals surface area contributed by atoms with Gasteiger partial charge in [0.25, 0.3) is 10.0 Å². The third-order valence-electron chi connectivity index (χ3n) is 2.69. The summed E-state index contributed by atoms with van der Waals surface area (Å²) in [5.74, 6) is 0.772. The number of hydrogen-bond donors (Lipinski definition) is 1. The molecule has 2 aromatic heterocycles. The Morgan fingerprint density at radius 3 is 2.58 bits per heavy atom. The van der Waals surface area contributed by atoms with Crippen LogP contribution in [0.2, 0.25) is 0 Å². The van der Waals surface area contributed by atoms with Crippen molar-refractivity contribution in [3.05, 3.63) is 30.0 Å². The molecule has 0 saturated heterocycles. The molecule has 0 fully saturated rings. The summed E-state index contributed by atoms with van der Waals surface area (Å²) in [6, 6.07) is 1.88. The first-order chi connectivity index (χ1) is 8.77. The van der Waals surface area contributed by atoms with Gasteiger partial charge in [-0.25, -0.2) is 18.5 Å². The largest absolute Gasteiger partial charge is 0.327 e. The van der Waals surface area contributed by atoms with Crippen molar-refractivity contribution in [1.29, 1.82) is 0 Å². The zero-order chi connectivity index (χ0) is 14.2. The van der Waals surface area contributed by atoms with Crippen molar-refractivity contribution < 1.29 is 8.42 Å². The second-order valence-electron chi connectivity index (χ2n) is 4.75. The predicted molar refractivity (Wildman–Crippen MR) is 70.0 cm³/mol. The maximum absolute atomic E-state index is 11.4. The van der Waals surface area contributed by atoms with Crippen molar-refractivity contribution in [1.82, 2.24) is 19.3 Å². The number of sulfonamides is 1. The van der Waals surface area contributed by atoms with E-state index in [9.17, 15) is 8.42 Å². The fourth-order valence-corrected chi connectivity index (χ4v) is 2.35. The molecular weight excluding hydrogens is 266 g/mol. The van der Waals surface area contributed by atoms with Crippen LogP contribution in [0.15, 0.2) is 23.5 Å². The second kappa shape index (κ2) is 4.78. The number of hydrogen-bond acceptors (Lipinski definition) is 4. The zero-order valence-corrected chi connectivity index (χ0v) is 11.9. The summed E-state index contributed by atoms with van der Waals surface area (Å²) in [4.78, 5) is 4.10. The average Bonchev–Trinajstić information content (AvgIpc) is 2.85. The Bertz CT molecular complexity index is 684. The molecule has 2 N–H and O–H groups in total. The summed E-state index contributed by atoms with van der Waals surface area (Å²) in [7, 11) is -1.95. The molecule has 0 saturated carbocycles. The van der Waals surface area contributed by atoms with Gasteiger partial charge < -0.3 is 4.57 Å². The molecule has 8 heteroatoms. The minimum Gasteiger partial charge on any atom is -0.327 e. The quantitative estimate of drug-likeness (QED) is 0.880. The fourth-order valence-electron chi connectivity index (χ4n) is 1.85. The molecule has 0 spiro atoms. The first-order valence-electron chi connectivity index (χ1n) is 5.86. The summed E-state index contributed by atoms with van der Waals surface area (Å²) in [5.41, 5.74) is 0.836. The van der Waals surface area contributed by atoms with E-state index >= 15 is 0 Å². The van der Waals surface area contributed by atoms with Gasteiger partial charge in [0.05, 0.1) is 12.2 Å². The third kappa shape index (κ3) is 3.02. The van der Waals surface area contributed by atoms with E-state index in [1.807, 2.05) is 33.2 Å². The fraction of sp³-hybridized carbons (Fsp3) is 0.455. The van der Waals surface area contributed by atoms with Gasteiger partial charge in [0.15, 0.2) is 5.03 Å². The van der Waals surface area contributed by atoms with Crippen LogP contribution >= 0.6 is 0 Å². The van der Waals surface area contributed by atoms with Gasteiger partial charge in [-0.2, -0.15) is 5.10 Å². The lowest BCUT2D eigenvalue weighted by Gasteiger charge is -2.08. The maximum atomic E-state index is 11.4. The van der Waals surface area contributed by atoms with Crippen LogP contribution in [0.4, 0.5) is 0 Å². The summed E-state index contributed by atoms with van der Waals surface area (Å²) in [6.45, 7) is 4.37. The molecule has 7 nitrogen and oxygen atoms in total. The van der Waals surface area contributed by atoms with Crippen molar-refractivity contribution >= 4 is 10.0 Å². The van der Waals surface area contributed by atoms with Gasteiger partial charge in [-0.3, -0.25) is 4.68 Å². The van der Waals surface area contributed by atoms with Gasteiger partial charge in [0, 0.05) is 25.4 Å². The molecule has 0 aliphatic carbocycles. The Balaban J connectivity index is 2.41. The number of nitrogens with zero attached hydrogens (tertiary/aromatic N) is 4. The minimum atomic E-state index is -3.78. The van der Waals surface area contributed by atoms with E-state index in [2.05, 4.69) is 10.1 Å². The molecule has 2 aromatic rings. The summed E-state index contributed by atoms with van der Waals surface area (Å²) >= 11 is 0. The van der Waals surface area contributed by atoms with Crippen molar-refractivity contribution in [2.45, 2.75) is 31.3 Å². The second-order valence-corrected chi connectivity index (χ2v) is 6.25. The van der Waals surface area contributed by atoms with Crippen molar-refractivity contribution in [2.24, 2.45) is 12.2 Å². The standard InChI is InChI=1S/C11H17N5O2S/c1-8(2)11-13-10(19(12,17)18)7-16(11)6-9-4-5-15(3)14-9/h4-5,7-8H,6H2,1-3H3,(H2,12,17,18). The smallest absolute Gasteiger partial charge is 0.257 e. The van der Waals surface area contributed by atoms with Crippen LogP contribution in [0, 0.1) is 0 Å². The Kier molecular flexibility index (Phi) is 3.46. The highest BCUT2D eigenvalue weighted by atomic mass is 32.2. The third-order valence-corrected chi connectivity index (χ3v) is 3.47. The highest BCUT2D eigenvalue weighted by molar-refractivity contribution is 7.89. The Morgan fingerprint density at radius 1 is 1.42 bits per heavy atom. The topological polar surface area (TPSA) is 95.8 Å². The number of rotatable bonds is 4. The van der Waals surface area contributed by atoms with Crippen LogP contribution in [0.3, 0.4) is 0 Å². The number of aromatic nitrogens is 4. The van der Waals surface area contributed by atoms with Crippen LogP contribution in [-0.2, 0) is 23.6 Å². The lowest BCUT2D eigenvalue weighted by atomic mass is 10.2. The lowest BCUT2D eigenvalue weighted by molar-refractivity contribution is 0.594. The SMILES string of the molecule is CC(C)c1nc(S(N)(=O)=O)cn1Cc1ccn(C)n1. The number of nitrogens with two attached hydrogens (primary N) is 1. The Morgan fingerprint density at radius 2 is 2.11 bits per heavy atom. The Labute approximate surface area is 112 Å². The highest BCUT2D eigenvalue weighted by Gasteiger charge is 2.18. The van der Waals surface area contributed by atoms with Gasteiger partial charge in [0.2, 0.25) is 0 Å². The summed E-state index contributed by atoms with van der Waals surface area (Å²) < 4.78 is 26.2. The number of aryl methyl sites for hydroxylation is 1. The van der Waals surface area contributed by atoms with E-state index in [1.54, 1.807) is 9.25 Å². The van der Waals surface area contributed by atoms with Crippen molar-refractivity contribution in [3.8, 4) is 0 Å². The van der Waals surface area contributed by atoms with Gasteiger partial charge in [-0.05, 0) is 6.07 Å². The maximum Gasteiger partial charge on any atom is 0.257 e. The predicted octanol–water partition coefficient (Wildman–Crippen LogP) is 0.436. The van der Waals surface area contributed by atoms with Crippen LogP contribution < -0.4 is 5.14 Å². The molecule has 0 aliphatic rings. The van der Waals surface area contributed by atoms with E-state index < -0.39 is 10.0 Å². The van der Waals surface area contributed by atoms with E-state index in [4.69, 9.17) is 5.14 Å². The zero-order valence-electron chi connectivity index (χ0n) is 11.1. The monoisotopic (exact) mass is 283 g/mol. The molecule has 0 aliphatic heterocycles. The minimum absolute atomic E-state index is 0.0965. The molecule has 2 heterocycles. The highest BCUT2D eigenvalue weighted by Crippen LogP contribution is 2.17. The van der Waals surface area contributed by atoms with Crippen LogP contribution in [0.1, 0.15) is 31.3 Å². The van der Waals surface area contributed by atoms with E-state index in [0.717, 1.165) is 5.69 Å². The average molecular weight is 283 g/mol. The van der Waals surface area contributed by atoms with E-state index in [-0.39, 0.29) is 10.9 Å². The van der Waals surface area contributed by atoms with E-state index in [0.29, 0.717) is 12.4 Å². The molecule has 0 amide bonds. The molecule has 104 valence electrons. The van der Waals surface area contributed by atoms with Crippen LogP contribution in [0.25, 0.3) is 0 Å². The molecule has 2 rings (SSSR count). The van der Waals surface area contributed by atoms with Crippen molar-refractivity contribution in [3.63, 3.8) is 0 Å². The summed E-state index contributed by atoms with van der Waals surface area (Å²) in [5, 5.41) is 9.27. The molecule has 0 atom stereocenters. The molecule has 0 radical (unpaired) electrons. The Hall–Kier alpha value is -1.67. The summed E-state index contributed by atoms with van der Waals surface area (Å²) in [6.07, 6.45) is 3.29. The van der Waals surface area contributed by atoms with Gasteiger partial charge in [-0.1, -0.05) is 13.8 Å². The van der Waals surface area contributed by atoms with E-state index in [1.165, 1.54) is 6.20 Å². The van der Waals surface area contributed by atoms with Gasteiger partial charge in [0.1, 0.15) is 5.82 Å². The number of primary sulfonamides is 1. The molecule has 0 aromatic carbocycles. The van der Waals surface area contributed by atoms with Gasteiger partial charge in [-0.15, -0.1) is 0 Å². The number of imidazole rings is 1. The molecular formula is C11H17N5O2S. The normalized spacial score (nSPS) is 12.3. The molecule has 19 heavy (non-hydrogen) atoms. The first-order valence-corrected chi connectivity index (χ1v) is 7.40. The van der Waals surface area contributed by atoms with Gasteiger partial charge >= 0.3 is 0 Å². The van der Waals surface area contributed by atoms with Crippen molar-refractivity contribution in [2.75, 3.05) is 0 Å². The van der Waals surface area contributed by atoms with Crippen LogP contribution in [-0.4, -0.2) is 27.7 Å².